The van der Waals surface area contributed by atoms with Gasteiger partial charge in [0.25, 0.3) is 5.89 Å². The van der Waals surface area contributed by atoms with E-state index in [1.807, 2.05) is 0 Å². The molecular weight excluding hydrogens is 427 g/mol. The van der Waals surface area contributed by atoms with Crippen molar-refractivity contribution < 1.29 is 31.6 Å². The second-order valence-corrected chi connectivity index (χ2v) is 8.26. The van der Waals surface area contributed by atoms with Crippen LogP contribution in [-0.2, 0) is 27.8 Å². The van der Waals surface area contributed by atoms with Crippen molar-refractivity contribution in [1.29, 1.82) is 0 Å². The average molecular weight is 441 g/mol. The number of nitrogens with zero attached hydrogens (tertiary/aromatic N) is 2. The van der Waals surface area contributed by atoms with E-state index in [1.165, 1.54) is 36.4 Å². The molecule has 0 unspecified atom stereocenters. The zero-order valence-electron chi connectivity index (χ0n) is 15.0. The van der Waals surface area contributed by atoms with Crippen LogP contribution in [0.3, 0.4) is 0 Å². The van der Waals surface area contributed by atoms with E-state index in [-0.39, 0.29) is 46.2 Å². The van der Waals surface area contributed by atoms with Crippen molar-refractivity contribution in [2.75, 3.05) is 6.26 Å². The van der Waals surface area contributed by atoms with Gasteiger partial charge in [-0.1, -0.05) is 16.8 Å². The van der Waals surface area contributed by atoms with E-state index in [0.29, 0.717) is 5.75 Å². The Morgan fingerprint density at radius 2 is 1.90 bits per heavy atom. The summed E-state index contributed by atoms with van der Waals surface area (Å²) in [5.41, 5.74) is -0.103. The second-order valence-electron chi connectivity index (χ2n) is 5.84. The third-order valence-electron chi connectivity index (χ3n) is 3.60. The lowest BCUT2D eigenvalue weighted by atomic mass is 10.2. The van der Waals surface area contributed by atoms with Crippen LogP contribution in [0.4, 0.5) is 4.39 Å². The van der Waals surface area contributed by atoms with Gasteiger partial charge in [-0.25, -0.2) is 17.6 Å². The first-order valence-electron chi connectivity index (χ1n) is 8.09. The Hall–Kier alpha value is -2.98. The van der Waals surface area contributed by atoms with Crippen molar-refractivity contribution in [3.8, 4) is 5.75 Å². The van der Waals surface area contributed by atoms with Gasteiger partial charge in [0.05, 0.1) is 15.5 Å². The van der Waals surface area contributed by atoms with Gasteiger partial charge in [0.15, 0.2) is 23.1 Å². The lowest BCUT2D eigenvalue weighted by Gasteiger charge is -2.06. The highest BCUT2D eigenvalue weighted by Gasteiger charge is 2.18. The van der Waals surface area contributed by atoms with Crippen molar-refractivity contribution in [1.82, 2.24) is 10.1 Å². The number of esters is 1. The van der Waals surface area contributed by atoms with Crippen LogP contribution in [0, 0.1) is 5.82 Å². The first kappa shape index (κ1) is 20.7. The molecule has 1 aromatic heterocycles. The van der Waals surface area contributed by atoms with E-state index >= 15 is 0 Å². The molecule has 0 amide bonds. The number of benzene rings is 2. The van der Waals surface area contributed by atoms with Gasteiger partial charge in [-0.2, -0.15) is 4.98 Å². The topological polar surface area (TPSA) is 109 Å². The summed E-state index contributed by atoms with van der Waals surface area (Å²) >= 11 is 5.95. The zero-order chi connectivity index (χ0) is 21.0. The number of hydrogen-bond donors (Lipinski definition) is 0. The third kappa shape index (κ3) is 5.52. The molecule has 0 saturated carbocycles. The Morgan fingerprint density at radius 1 is 1.17 bits per heavy atom. The van der Waals surface area contributed by atoms with E-state index in [4.69, 9.17) is 25.6 Å². The highest BCUT2D eigenvalue weighted by atomic mass is 35.5. The Labute approximate surface area is 170 Å². The molecule has 0 N–H and O–H groups in total. The molecule has 11 heteroatoms. The molecule has 2 aromatic carbocycles. The van der Waals surface area contributed by atoms with Crippen LogP contribution in [0.1, 0.15) is 22.1 Å². The van der Waals surface area contributed by atoms with Gasteiger partial charge in [0.2, 0.25) is 5.82 Å². The van der Waals surface area contributed by atoms with Gasteiger partial charge in [0.1, 0.15) is 11.6 Å². The molecule has 0 aliphatic carbocycles. The Balaban J connectivity index is 1.59. The van der Waals surface area contributed by atoms with Crippen molar-refractivity contribution in [2.24, 2.45) is 0 Å². The number of carbonyl (C=O) groups excluding carboxylic acids is 1. The van der Waals surface area contributed by atoms with E-state index in [1.54, 1.807) is 0 Å². The van der Waals surface area contributed by atoms with Crippen LogP contribution in [0.15, 0.2) is 51.9 Å². The Kier molecular flexibility index (Phi) is 6.14. The summed E-state index contributed by atoms with van der Waals surface area (Å²) in [5.74, 6) is -0.612. The number of hydrogen-bond acceptors (Lipinski definition) is 8. The first-order chi connectivity index (χ1) is 13.7. The molecule has 152 valence electrons. The molecule has 1 heterocycles. The highest BCUT2D eigenvalue weighted by Crippen LogP contribution is 2.22. The fourth-order valence-corrected chi connectivity index (χ4v) is 3.02. The van der Waals surface area contributed by atoms with Gasteiger partial charge in [-0.15, -0.1) is 0 Å². The Bertz CT molecular complexity index is 1130. The molecule has 0 atom stereocenters. The lowest BCUT2D eigenvalue weighted by molar-refractivity contribution is 0.0429. The molecule has 0 aliphatic heterocycles. The van der Waals surface area contributed by atoms with Crippen LogP contribution in [0.25, 0.3) is 0 Å². The normalized spacial score (nSPS) is 11.3. The largest absolute Gasteiger partial charge is 0.485 e. The second kappa shape index (κ2) is 8.58. The lowest BCUT2D eigenvalue weighted by Crippen LogP contribution is -2.08. The maximum atomic E-state index is 12.9. The quantitative estimate of drug-likeness (QED) is 0.515. The van der Waals surface area contributed by atoms with Crippen LogP contribution in [0.5, 0.6) is 5.75 Å². The van der Waals surface area contributed by atoms with Gasteiger partial charge in [-0.3, -0.25) is 0 Å². The number of sulfone groups is 1. The first-order valence-corrected chi connectivity index (χ1v) is 10.4. The standard InChI is InChI=1S/C18H14ClFN2O6S/c1-29(24,25)13-6-7-15(19)14(8-13)18(23)27-10-17-21-16(22-28-17)9-26-12-4-2-11(20)3-5-12/h2-8H,9-10H2,1H3. The predicted octanol–water partition coefficient (Wildman–Crippen LogP) is 3.20. The smallest absolute Gasteiger partial charge is 0.340 e. The van der Waals surface area contributed by atoms with Crippen molar-refractivity contribution in [2.45, 2.75) is 18.1 Å². The van der Waals surface area contributed by atoms with Gasteiger partial charge in [-0.05, 0) is 42.5 Å². The van der Waals surface area contributed by atoms with E-state index in [0.717, 1.165) is 12.3 Å². The number of carbonyl (C=O) groups is 1. The minimum Gasteiger partial charge on any atom is -0.485 e. The summed E-state index contributed by atoms with van der Waals surface area (Å²) in [7, 11) is -3.51. The van der Waals surface area contributed by atoms with Crippen LogP contribution in [-0.4, -0.2) is 30.8 Å². The molecule has 0 bridgehead atoms. The molecular formula is C18H14ClFN2O6S. The summed E-state index contributed by atoms with van der Waals surface area (Å²) in [5, 5.41) is 3.72. The highest BCUT2D eigenvalue weighted by molar-refractivity contribution is 7.90. The zero-order valence-corrected chi connectivity index (χ0v) is 16.5. The third-order valence-corrected chi connectivity index (χ3v) is 5.04. The van der Waals surface area contributed by atoms with E-state index in [2.05, 4.69) is 10.1 Å². The molecule has 3 rings (SSSR count). The molecule has 0 saturated heterocycles. The van der Waals surface area contributed by atoms with Crippen molar-refractivity contribution >= 4 is 27.4 Å². The summed E-state index contributed by atoms with van der Waals surface area (Å²) in [6.07, 6.45) is 1.01. The molecule has 0 spiro atoms. The maximum absolute atomic E-state index is 12.9. The molecule has 3 aromatic rings. The number of rotatable bonds is 7. The van der Waals surface area contributed by atoms with Crippen LogP contribution < -0.4 is 4.74 Å². The molecule has 29 heavy (non-hydrogen) atoms. The summed E-state index contributed by atoms with van der Waals surface area (Å²) < 4.78 is 51.5. The average Bonchev–Trinajstić information content (AvgIpc) is 3.13. The molecule has 0 fully saturated rings. The van der Waals surface area contributed by atoms with Gasteiger partial charge < -0.3 is 14.0 Å². The number of aromatic nitrogens is 2. The van der Waals surface area contributed by atoms with Crippen LogP contribution >= 0.6 is 11.6 Å². The van der Waals surface area contributed by atoms with E-state index < -0.39 is 15.8 Å². The summed E-state index contributed by atoms with van der Waals surface area (Å²) in [6.45, 7) is -0.382. The molecule has 0 radical (unpaired) electrons. The number of halogens is 2. The number of ether oxygens (including phenoxy) is 2. The predicted molar refractivity (Wildman–Crippen MR) is 98.7 cm³/mol. The molecule has 0 aliphatic rings. The summed E-state index contributed by atoms with van der Waals surface area (Å²) in [6, 6.07) is 9.13. The summed E-state index contributed by atoms with van der Waals surface area (Å²) in [4.78, 5) is 16.2. The van der Waals surface area contributed by atoms with Gasteiger partial charge in [0, 0.05) is 6.26 Å². The minimum atomic E-state index is -3.51. The fraction of sp³-hybridized carbons (Fsp3) is 0.167. The van der Waals surface area contributed by atoms with Crippen molar-refractivity contribution in [3.63, 3.8) is 0 Å². The van der Waals surface area contributed by atoms with Crippen molar-refractivity contribution in [3.05, 3.63) is 70.6 Å². The van der Waals surface area contributed by atoms with E-state index in [9.17, 15) is 17.6 Å². The maximum Gasteiger partial charge on any atom is 0.340 e. The fourth-order valence-electron chi connectivity index (χ4n) is 2.18. The van der Waals surface area contributed by atoms with Gasteiger partial charge >= 0.3 is 5.97 Å². The Morgan fingerprint density at radius 3 is 2.59 bits per heavy atom. The molecule has 8 nitrogen and oxygen atoms in total. The SMILES string of the molecule is CS(=O)(=O)c1ccc(Cl)c(C(=O)OCc2nc(COc3ccc(F)cc3)no2)c1. The monoisotopic (exact) mass is 440 g/mol. The minimum absolute atomic E-state index is 0.00597. The van der Waals surface area contributed by atoms with Crippen LogP contribution in [0.2, 0.25) is 5.02 Å².